The zero-order valence-corrected chi connectivity index (χ0v) is 6.64. The third-order valence-electron chi connectivity index (χ3n) is 1.08. The van der Waals surface area contributed by atoms with Crippen LogP contribution in [-0.2, 0) is 9.53 Å². The number of Topliss-reactive ketones (excluding diaryl/α,β-unsaturated/α-hetero) is 1. The lowest BCUT2D eigenvalue weighted by Crippen LogP contribution is -2.22. The molecule has 0 aliphatic rings. The number of carbonyl (C=O) groups is 1. The van der Waals surface area contributed by atoms with Gasteiger partial charge in [-0.3, -0.25) is 4.79 Å². The minimum Gasteiger partial charge on any atom is -0.385 e. The smallest absolute Gasteiger partial charge is 0.143 e. The van der Waals surface area contributed by atoms with Gasteiger partial charge in [0.25, 0.3) is 0 Å². The number of methoxy groups -OCH3 is 1. The molecule has 0 heterocycles. The highest BCUT2D eigenvalue weighted by Crippen LogP contribution is 1.76. The second-order valence-electron chi connectivity index (χ2n) is 2.23. The van der Waals surface area contributed by atoms with Crippen LogP contribution in [0.4, 0.5) is 0 Å². The number of hydrogen-bond donors (Lipinski definition) is 1. The normalized spacial score (nSPS) is 9.80. The van der Waals surface area contributed by atoms with Crippen molar-refractivity contribution in [2.75, 3.05) is 26.8 Å². The molecule has 3 nitrogen and oxygen atoms in total. The summed E-state index contributed by atoms with van der Waals surface area (Å²) in [6.45, 7) is 3.66. The molecule has 0 unspecified atom stereocenters. The second-order valence-corrected chi connectivity index (χ2v) is 2.23. The van der Waals surface area contributed by atoms with E-state index in [4.69, 9.17) is 4.74 Å². The van der Waals surface area contributed by atoms with Crippen LogP contribution in [0.25, 0.3) is 0 Å². The van der Waals surface area contributed by atoms with Gasteiger partial charge in [-0.25, -0.2) is 0 Å². The Balaban J connectivity index is 2.84. The van der Waals surface area contributed by atoms with Crippen LogP contribution in [-0.4, -0.2) is 32.6 Å². The number of ketones is 1. The van der Waals surface area contributed by atoms with Gasteiger partial charge in [0.2, 0.25) is 0 Å². The summed E-state index contributed by atoms with van der Waals surface area (Å²) in [5.41, 5.74) is 0. The summed E-state index contributed by atoms with van der Waals surface area (Å²) in [4.78, 5) is 10.4. The molecule has 0 aliphatic carbocycles. The van der Waals surface area contributed by atoms with Crippen molar-refractivity contribution in [1.29, 1.82) is 0 Å². The first-order chi connectivity index (χ1) is 4.77. The Labute approximate surface area is 61.8 Å². The molecular weight excluding hydrogens is 130 g/mol. The SMILES string of the molecule is COCCCNCC(C)=O. The van der Waals surface area contributed by atoms with Crippen molar-refractivity contribution in [2.24, 2.45) is 0 Å². The van der Waals surface area contributed by atoms with Crippen molar-refractivity contribution >= 4 is 5.78 Å². The van der Waals surface area contributed by atoms with Gasteiger partial charge in [0, 0.05) is 13.7 Å². The third kappa shape index (κ3) is 7.59. The van der Waals surface area contributed by atoms with Crippen LogP contribution in [0.15, 0.2) is 0 Å². The van der Waals surface area contributed by atoms with Crippen LogP contribution >= 0.6 is 0 Å². The largest absolute Gasteiger partial charge is 0.385 e. The minimum atomic E-state index is 0.178. The molecule has 1 N–H and O–H groups in total. The summed E-state index contributed by atoms with van der Waals surface area (Å²) in [6.07, 6.45) is 0.962. The van der Waals surface area contributed by atoms with E-state index in [1.165, 1.54) is 0 Å². The standard InChI is InChI=1S/C7H15NO2/c1-7(9)6-8-4-3-5-10-2/h8H,3-6H2,1-2H3. The lowest BCUT2D eigenvalue weighted by molar-refractivity contribution is -0.116. The number of rotatable bonds is 6. The summed E-state index contributed by atoms with van der Waals surface area (Å²) in [7, 11) is 1.67. The zero-order chi connectivity index (χ0) is 7.82. The summed E-state index contributed by atoms with van der Waals surface area (Å²) in [5, 5.41) is 2.99. The predicted octanol–water partition coefficient (Wildman–Crippen LogP) is 0.201. The topological polar surface area (TPSA) is 38.3 Å². The first-order valence-electron chi connectivity index (χ1n) is 3.46. The molecule has 0 saturated heterocycles. The molecule has 3 heteroatoms. The number of carbonyl (C=O) groups excluding carboxylic acids is 1. The van der Waals surface area contributed by atoms with E-state index in [1.54, 1.807) is 14.0 Å². The van der Waals surface area contributed by atoms with E-state index < -0.39 is 0 Å². The van der Waals surface area contributed by atoms with Gasteiger partial charge in [0.05, 0.1) is 6.54 Å². The molecule has 0 saturated carbocycles. The average Bonchev–Trinajstić information content (AvgIpc) is 1.87. The van der Waals surface area contributed by atoms with Crippen LogP contribution in [0.2, 0.25) is 0 Å². The van der Waals surface area contributed by atoms with Gasteiger partial charge in [0.15, 0.2) is 0 Å². The molecule has 0 amide bonds. The fourth-order valence-electron chi connectivity index (χ4n) is 0.606. The molecular formula is C7H15NO2. The number of nitrogens with one attached hydrogen (secondary N) is 1. The Morgan fingerprint density at radius 2 is 2.30 bits per heavy atom. The molecule has 10 heavy (non-hydrogen) atoms. The predicted molar refractivity (Wildman–Crippen MR) is 40.0 cm³/mol. The molecule has 0 aromatic carbocycles. The Morgan fingerprint density at radius 1 is 1.60 bits per heavy atom. The van der Waals surface area contributed by atoms with E-state index in [9.17, 15) is 4.79 Å². The lowest BCUT2D eigenvalue weighted by Gasteiger charge is -1.99. The zero-order valence-electron chi connectivity index (χ0n) is 6.64. The van der Waals surface area contributed by atoms with Gasteiger partial charge in [-0.1, -0.05) is 0 Å². The quantitative estimate of drug-likeness (QED) is 0.543. The summed E-state index contributed by atoms with van der Waals surface area (Å²) in [5.74, 6) is 0.178. The van der Waals surface area contributed by atoms with Crippen molar-refractivity contribution in [3.63, 3.8) is 0 Å². The van der Waals surface area contributed by atoms with Crippen LogP contribution < -0.4 is 5.32 Å². The Bertz CT molecular complexity index is 93.6. The maximum absolute atomic E-state index is 10.4. The molecule has 0 atom stereocenters. The van der Waals surface area contributed by atoms with Gasteiger partial charge >= 0.3 is 0 Å². The van der Waals surface area contributed by atoms with Crippen LogP contribution in [0.1, 0.15) is 13.3 Å². The van der Waals surface area contributed by atoms with E-state index in [-0.39, 0.29) is 5.78 Å². The first-order valence-corrected chi connectivity index (χ1v) is 3.46. The highest BCUT2D eigenvalue weighted by Gasteiger charge is 1.90. The second kappa shape index (κ2) is 6.71. The van der Waals surface area contributed by atoms with E-state index in [0.717, 1.165) is 19.6 Å². The maximum Gasteiger partial charge on any atom is 0.143 e. The average molecular weight is 145 g/mol. The lowest BCUT2D eigenvalue weighted by atomic mass is 10.4. The molecule has 0 bridgehead atoms. The van der Waals surface area contributed by atoms with Crippen molar-refractivity contribution in [3.05, 3.63) is 0 Å². The van der Waals surface area contributed by atoms with Crippen molar-refractivity contribution < 1.29 is 9.53 Å². The summed E-state index contributed by atoms with van der Waals surface area (Å²) >= 11 is 0. The third-order valence-corrected chi connectivity index (χ3v) is 1.08. The fourth-order valence-corrected chi connectivity index (χ4v) is 0.606. The maximum atomic E-state index is 10.4. The van der Waals surface area contributed by atoms with Gasteiger partial charge in [0.1, 0.15) is 5.78 Å². The molecule has 0 aliphatic heterocycles. The van der Waals surface area contributed by atoms with Gasteiger partial charge in [-0.05, 0) is 19.9 Å². The Hall–Kier alpha value is -0.410. The van der Waals surface area contributed by atoms with Crippen molar-refractivity contribution in [2.45, 2.75) is 13.3 Å². The monoisotopic (exact) mass is 145 g/mol. The molecule has 60 valence electrons. The van der Waals surface area contributed by atoms with E-state index >= 15 is 0 Å². The van der Waals surface area contributed by atoms with Crippen molar-refractivity contribution in [1.82, 2.24) is 5.32 Å². The van der Waals surface area contributed by atoms with Gasteiger partial charge in [-0.15, -0.1) is 0 Å². The molecule has 0 fully saturated rings. The fraction of sp³-hybridized carbons (Fsp3) is 0.857. The number of hydrogen-bond acceptors (Lipinski definition) is 3. The molecule has 0 radical (unpaired) electrons. The molecule has 0 aromatic heterocycles. The van der Waals surface area contributed by atoms with Gasteiger partial charge < -0.3 is 10.1 Å². The summed E-state index contributed by atoms with van der Waals surface area (Å²) < 4.78 is 4.82. The summed E-state index contributed by atoms with van der Waals surface area (Å²) in [6, 6.07) is 0. The van der Waals surface area contributed by atoms with Gasteiger partial charge in [-0.2, -0.15) is 0 Å². The van der Waals surface area contributed by atoms with Crippen molar-refractivity contribution in [3.8, 4) is 0 Å². The van der Waals surface area contributed by atoms with E-state index in [1.807, 2.05) is 0 Å². The minimum absolute atomic E-state index is 0.178. The Morgan fingerprint density at radius 3 is 2.80 bits per heavy atom. The molecule has 0 rings (SSSR count). The van der Waals surface area contributed by atoms with E-state index in [2.05, 4.69) is 5.32 Å². The Kier molecular flexibility index (Phi) is 6.43. The highest BCUT2D eigenvalue weighted by atomic mass is 16.5. The highest BCUT2D eigenvalue weighted by molar-refractivity contribution is 5.77. The first kappa shape index (κ1) is 9.59. The molecule has 0 aromatic rings. The van der Waals surface area contributed by atoms with Crippen LogP contribution in [0.5, 0.6) is 0 Å². The van der Waals surface area contributed by atoms with Crippen LogP contribution in [0.3, 0.4) is 0 Å². The number of ether oxygens (including phenoxy) is 1. The van der Waals surface area contributed by atoms with Crippen LogP contribution in [0, 0.1) is 0 Å². The van der Waals surface area contributed by atoms with E-state index in [0.29, 0.717) is 6.54 Å². The molecule has 0 spiro atoms.